The summed E-state index contributed by atoms with van der Waals surface area (Å²) in [5.74, 6) is 1.46. The Balaban J connectivity index is 4.15. The van der Waals surface area contributed by atoms with E-state index in [1.807, 2.05) is 0 Å². The second-order valence-electron chi connectivity index (χ2n) is 6.85. The van der Waals surface area contributed by atoms with E-state index in [2.05, 4.69) is 46.4 Å². The van der Waals surface area contributed by atoms with Crippen LogP contribution in [0.15, 0.2) is 0 Å². The van der Waals surface area contributed by atoms with Crippen LogP contribution in [0.5, 0.6) is 0 Å². The molecule has 0 aromatic heterocycles. The van der Waals surface area contributed by atoms with E-state index >= 15 is 0 Å². The largest absolute Gasteiger partial charge is 0.366 e. The van der Waals surface area contributed by atoms with Gasteiger partial charge in [-0.05, 0) is 31.1 Å². The Hall–Kier alpha value is -0.0800. The SMILES string of the molecule is CCCCCCOCN(CCC)C(CC(C)C)C(C)C. The molecule has 0 aromatic rings. The highest BCUT2D eigenvalue weighted by atomic mass is 16.5. The van der Waals surface area contributed by atoms with Crippen LogP contribution in [0.1, 0.15) is 80.1 Å². The van der Waals surface area contributed by atoms with Gasteiger partial charge in [0.25, 0.3) is 0 Å². The number of rotatable bonds is 13. The number of hydrogen-bond acceptors (Lipinski definition) is 2. The van der Waals surface area contributed by atoms with E-state index in [9.17, 15) is 0 Å². The summed E-state index contributed by atoms with van der Waals surface area (Å²) in [6.45, 7) is 16.8. The van der Waals surface area contributed by atoms with Gasteiger partial charge in [-0.2, -0.15) is 0 Å². The summed E-state index contributed by atoms with van der Waals surface area (Å²) < 4.78 is 5.93. The van der Waals surface area contributed by atoms with Crippen LogP contribution in [-0.4, -0.2) is 30.8 Å². The second kappa shape index (κ2) is 12.6. The van der Waals surface area contributed by atoms with Crippen LogP contribution < -0.4 is 0 Å². The highest BCUT2D eigenvalue weighted by molar-refractivity contribution is 4.74. The fourth-order valence-electron chi connectivity index (χ4n) is 2.75. The zero-order valence-corrected chi connectivity index (χ0v) is 15.0. The smallest absolute Gasteiger partial charge is 0.0992 e. The minimum atomic E-state index is 0.658. The number of unbranched alkanes of at least 4 members (excludes halogenated alkanes) is 3. The monoisotopic (exact) mass is 285 g/mol. The number of hydrogen-bond donors (Lipinski definition) is 0. The van der Waals surface area contributed by atoms with E-state index < -0.39 is 0 Å². The predicted octanol–water partition coefficient (Wildman–Crippen LogP) is 5.32. The van der Waals surface area contributed by atoms with Gasteiger partial charge in [-0.25, -0.2) is 0 Å². The summed E-state index contributed by atoms with van der Waals surface area (Å²) in [4.78, 5) is 2.56. The van der Waals surface area contributed by atoms with E-state index in [1.54, 1.807) is 0 Å². The lowest BCUT2D eigenvalue weighted by atomic mass is 9.93. The summed E-state index contributed by atoms with van der Waals surface area (Å²) in [7, 11) is 0. The Morgan fingerprint density at radius 3 is 2.10 bits per heavy atom. The molecule has 0 heterocycles. The molecule has 0 spiro atoms. The van der Waals surface area contributed by atoms with Crippen LogP contribution in [0.3, 0.4) is 0 Å². The van der Waals surface area contributed by atoms with Crippen molar-refractivity contribution >= 4 is 0 Å². The van der Waals surface area contributed by atoms with E-state index in [0.29, 0.717) is 12.0 Å². The first-order valence-corrected chi connectivity index (χ1v) is 8.84. The van der Waals surface area contributed by atoms with Crippen molar-refractivity contribution in [3.8, 4) is 0 Å². The standard InChI is InChI=1S/C18H39NO/c1-7-9-10-11-13-20-15-19(12-8-2)18(17(5)6)14-16(3)4/h16-18H,7-15H2,1-6H3. The normalized spacial score (nSPS) is 13.7. The Morgan fingerprint density at radius 1 is 0.900 bits per heavy atom. The molecule has 0 bridgehead atoms. The molecule has 0 radical (unpaired) electrons. The maximum absolute atomic E-state index is 5.93. The van der Waals surface area contributed by atoms with E-state index in [4.69, 9.17) is 4.74 Å². The Bertz CT molecular complexity index is 204. The molecular formula is C18H39NO. The lowest BCUT2D eigenvalue weighted by molar-refractivity contribution is -0.0133. The summed E-state index contributed by atoms with van der Waals surface area (Å²) >= 11 is 0. The van der Waals surface area contributed by atoms with E-state index in [0.717, 1.165) is 25.8 Å². The first kappa shape index (κ1) is 19.9. The summed E-state index contributed by atoms with van der Waals surface area (Å²) in [5.41, 5.74) is 0. The van der Waals surface area contributed by atoms with Gasteiger partial charge in [-0.15, -0.1) is 0 Å². The van der Waals surface area contributed by atoms with Gasteiger partial charge in [0.2, 0.25) is 0 Å². The van der Waals surface area contributed by atoms with Crippen LogP contribution in [0.25, 0.3) is 0 Å². The second-order valence-corrected chi connectivity index (χ2v) is 6.85. The zero-order chi connectivity index (χ0) is 15.4. The third-order valence-electron chi connectivity index (χ3n) is 3.86. The Kier molecular flexibility index (Phi) is 12.6. The van der Waals surface area contributed by atoms with Crippen LogP contribution >= 0.6 is 0 Å². The fraction of sp³-hybridized carbons (Fsp3) is 1.00. The Morgan fingerprint density at radius 2 is 1.60 bits per heavy atom. The van der Waals surface area contributed by atoms with Crippen molar-refractivity contribution in [1.29, 1.82) is 0 Å². The summed E-state index contributed by atoms with van der Waals surface area (Å²) in [6, 6.07) is 0.658. The van der Waals surface area contributed by atoms with Gasteiger partial charge in [0.05, 0.1) is 6.73 Å². The van der Waals surface area contributed by atoms with E-state index in [1.165, 1.54) is 38.5 Å². The molecule has 0 saturated carbocycles. The molecular weight excluding hydrogens is 246 g/mol. The molecule has 1 unspecified atom stereocenters. The molecule has 0 saturated heterocycles. The predicted molar refractivity (Wildman–Crippen MR) is 90.0 cm³/mol. The molecule has 2 heteroatoms. The average molecular weight is 286 g/mol. The minimum absolute atomic E-state index is 0.658. The zero-order valence-electron chi connectivity index (χ0n) is 15.0. The van der Waals surface area contributed by atoms with Crippen molar-refractivity contribution < 1.29 is 4.74 Å². The maximum atomic E-state index is 5.93. The summed E-state index contributed by atoms with van der Waals surface area (Å²) in [6.07, 6.45) is 7.64. The molecule has 0 aliphatic rings. The van der Waals surface area contributed by atoms with Crippen LogP contribution in [0.2, 0.25) is 0 Å². The highest BCUT2D eigenvalue weighted by Gasteiger charge is 2.22. The van der Waals surface area contributed by atoms with Crippen molar-refractivity contribution in [2.24, 2.45) is 11.8 Å². The van der Waals surface area contributed by atoms with Gasteiger partial charge >= 0.3 is 0 Å². The van der Waals surface area contributed by atoms with Crippen LogP contribution in [0, 0.1) is 11.8 Å². The van der Waals surface area contributed by atoms with Crippen LogP contribution in [0.4, 0.5) is 0 Å². The lowest BCUT2D eigenvalue weighted by Gasteiger charge is -2.35. The molecule has 0 fully saturated rings. The number of ether oxygens (including phenoxy) is 1. The van der Waals surface area contributed by atoms with Gasteiger partial charge < -0.3 is 4.74 Å². The van der Waals surface area contributed by atoms with Crippen molar-refractivity contribution in [2.75, 3.05) is 19.9 Å². The van der Waals surface area contributed by atoms with Gasteiger partial charge in [-0.3, -0.25) is 4.90 Å². The molecule has 0 aliphatic heterocycles. The van der Waals surface area contributed by atoms with Gasteiger partial charge in [0.15, 0.2) is 0 Å². The molecule has 0 aliphatic carbocycles. The minimum Gasteiger partial charge on any atom is -0.366 e. The molecule has 122 valence electrons. The third-order valence-corrected chi connectivity index (χ3v) is 3.86. The summed E-state index contributed by atoms with van der Waals surface area (Å²) in [5, 5.41) is 0. The van der Waals surface area contributed by atoms with Crippen molar-refractivity contribution in [1.82, 2.24) is 4.90 Å². The van der Waals surface area contributed by atoms with Crippen molar-refractivity contribution in [3.63, 3.8) is 0 Å². The number of nitrogens with zero attached hydrogens (tertiary/aromatic N) is 1. The molecule has 1 atom stereocenters. The fourth-order valence-corrected chi connectivity index (χ4v) is 2.75. The lowest BCUT2D eigenvalue weighted by Crippen LogP contribution is -2.42. The first-order chi connectivity index (χ1) is 9.52. The molecule has 0 N–H and O–H groups in total. The Labute approximate surface area is 128 Å². The van der Waals surface area contributed by atoms with E-state index in [-0.39, 0.29) is 0 Å². The molecule has 0 aromatic carbocycles. The van der Waals surface area contributed by atoms with Crippen LogP contribution in [-0.2, 0) is 4.74 Å². The van der Waals surface area contributed by atoms with Crippen molar-refractivity contribution in [2.45, 2.75) is 86.1 Å². The van der Waals surface area contributed by atoms with Crippen molar-refractivity contribution in [3.05, 3.63) is 0 Å². The van der Waals surface area contributed by atoms with Gasteiger partial charge in [0.1, 0.15) is 0 Å². The van der Waals surface area contributed by atoms with Gasteiger partial charge in [0, 0.05) is 19.2 Å². The third kappa shape index (κ3) is 9.77. The van der Waals surface area contributed by atoms with Gasteiger partial charge in [-0.1, -0.05) is 60.8 Å². The highest BCUT2D eigenvalue weighted by Crippen LogP contribution is 2.19. The average Bonchev–Trinajstić information content (AvgIpc) is 2.38. The molecule has 0 amide bonds. The maximum Gasteiger partial charge on any atom is 0.0992 e. The first-order valence-electron chi connectivity index (χ1n) is 8.84. The molecule has 2 nitrogen and oxygen atoms in total. The quantitative estimate of drug-likeness (QED) is 0.335. The molecule has 0 rings (SSSR count). The molecule has 20 heavy (non-hydrogen) atoms. The topological polar surface area (TPSA) is 12.5 Å².